The zero-order valence-electron chi connectivity index (χ0n) is 9.45. The molecule has 0 heterocycles. The summed E-state index contributed by atoms with van der Waals surface area (Å²) in [7, 11) is 0. The lowest BCUT2D eigenvalue weighted by Gasteiger charge is -2.25. The standard InChI is InChI=1S/C10H19N3O2/c1-4-10(3,8(11)13-15)9(14)12-7-5-6(7)2/h6-7,15H,4-5H2,1-3H3,(H2,11,13)(H,12,14). The van der Waals surface area contributed by atoms with Crippen LogP contribution in [0.5, 0.6) is 0 Å². The van der Waals surface area contributed by atoms with Gasteiger partial charge in [-0.15, -0.1) is 0 Å². The van der Waals surface area contributed by atoms with Crippen LogP contribution in [-0.2, 0) is 4.79 Å². The van der Waals surface area contributed by atoms with Crippen molar-refractivity contribution in [3.05, 3.63) is 0 Å². The van der Waals surface area contributed by atoms with Gasteiger partial charge in [0.05, 0.1) is 0 Å². The third kappa shape index (κ3) is 2.22. The molecule has 0 aliphatic heterocycles. The first-order valence-corrected chi connectivity index (χ1v) is 5.24. The van der Waals surface area contributed by atoms with Gasteiger partial charge in [0.25, 0.3) is 0 Å². The molecule has 0 bridgehead atoms. The van der Waals surface area contributed by atoms with Crippen LogP contribution in [-0.4, -0.2) is 23.0 Å². The summed E-state index contributed by atoms with van der Waals surface area (Å²) in [6.07, 6.45) is 1.53. The third-order valence-corrected chi connectivity index (χ3v) is 3.31. The van der Waals surface area contributed by atoms with Crippen molar-refractivity contribution in [2.24, 2.45) is 22.2 Å². The molecule has 4 N–H and O–H groups in total. The molecular weight excluding hydrogens is 194 g/mol. The van der Waals surface area contributed by atoms with Crippen molar-refractivity contribution < 1.29 is 10.0 Å². The number of hydrogen-bond acceptors (Lipinski definition) is 3. The Hall–Kier alpha value is -1.26. The maximum Gasteiger partial charge on any atom is 0.233 e. The van der Waals surface area contributed by atoms with Crippen molar-refractivity contribution in [3.8, 4) is 0 Å². The highest BCUT2D eigenvalue weighted by atomic mass is 16.4. The Morgan fingerprint density at radius 1 is 1.73 bits per heavy atom. The molecule has 0 spiro atoms. The van der Waals surface area contributed by atoms with Gasteiger partial charge in [-0.05, 0) is 25.7 Å². The van der Waals surface area contributed by atoms with E-state index in [-0.39, 0.29) is 17.8 Å². The molecule has 1 aliphatic rings. The van der Waals surface area contributed by atoms with Crippen LogP contribution in [0.25, 0.3) is 0 Å². The topological polar surface area (TPSA) is 87.7 Å². The molecule has 0 radical (unpaired) electrons. The van der Waals surface area contributed by atoms with E-state index in [1.807, 2.05) is 6.92 Å². The van der Waals surface area contributed by atoms with Crippen LogP contribution in [0.3, 0.4) is 0 Å². The predicted octanol–water partition coefficient (Wildman–Crippen LogP) is 0.674. The van der Waals surface area contributed by atoms with Gasteiger partial charge in [-0.1, -0.05) is 19.0 Å². The molecule has 5 heteroatoms. The Morgan fingerprint density at radius 2 is 2.27 bits per heavy atom. The summed E-state index contributed by atoms with van der Waals surface area (Å²) in [5, 5.41) is 14.5. The number of nitrogens with two attached hydrogens (primary N) is 1. The second-order valence-corrected chi connectivity index (χ2v) is 4.46. The minimum absolute atomic E-state index is 0.0317. The highest BCUT2D eigenvalue weighted by Crippen LogP contribution is 2.31. The van der Waals surface area contributed by atoms with Gasteiger partial charge in [-0.25, -0.2) is 0 Å². The minimum Gasteiger partial charge on any atom is -0.409 e. The first-order chi connectivity index (χ1) is 6.95. The zero-order valence-corrected chi connectivity index (χ0v) is 9.45. The van der Waals surface area contributed by atoms with Gasteiger partial charge in [-0.2, -0.15) is 0 Å². The van der Waals surface area contributed by atoms with Crippen molar-refractivity contribution >= 4 is 11.7 Å². The van der Waals surface area contributed by atoms with Gasteiger partial charge in [0, 0.05) is 6.04 Å². The summed E-state index contributed by atoms with van der Waals surface area (Å²) in [6.45, 7) is 5.61. The Balaban J connectivity index is 2.68. The van der Waals surface area contributed by atoms with Crippen LogP contribution in [0, 0.1) is 11.3 Å². The largest absolute Gasteiger partial charge is 0.409 e. The zero-order chi connectivity index (χ0) is 11.6. The molecule has 3 atom stereocenters. The van der Waals surface area contributed by atoms with E-state index < -0.39 is 5.41 Å². The Kier molecular flexibility index (Phi) is 3.21. The molecule has 5 nitrogen and oxygen atoms in total. The van der Waals surface area contributed by atoms with Crippen LogP contribution in [0.4, 0.5) is 0 Å². The number of amidine groups is 1. The second kappa shape index (κ2) is 4.08. The highest BCUT2D eigenvalue weighted by Gasteiger charge is 2.41. The van der Waals surface area contributed by atoms with Crippen molar-refractivity contribution in [3.63, 3.8) is 0 Å². The Bertz CT molecular complexity index is 290. The van der Waals surface area contributed by atoms with Crippen LogP contribution < -0.4 is 11.1 Å². The summed E-state index contributed by atoms with van der Waals surface area (Å²) in [6, 6.07) is 0.259. The number of rotatable bonds is 4. The van der Waals surface area contributed by atoms with Crippen LogP contribution in [0.2, 0.25) is 0 Å². The lowest BCUT2D eigenvalue weighted by atomic mass is 9.85. The van der Waals surface area contributed by atoms with Crippen molar-refractivity contribution in [2.45, 2.75) is 39.7 Å². The smallest absolute Gasteiger partial charge is 0.233 e. The average molecular weight is 213 g/mol. The summed E-state index contributed by atoms with van der Waals surface area (Å²) in [5.41, 5.74) is 4.63. The number of oxime groups is 1. The molecule has 86 valence electrons. The van der Waals surface area contributed by atoms with Gasteiger partial charge in [-0.3, -0.25) is 4.79 Å². The summed E-state index contributed by atoms with van der Waals surface area (Å²) >= 11 is 0. The van der Waals surface area contributed by atoms with Gasteiger partial charge < -0.3 is 16.3 Å². The highest BCUT2D eigenvalue weighted by molar-refractivity contribution is 6.06. The van der Waals surface area contributed by atoms with Gasteiger partial charge in [0.15, 0.2) is 5.84 Å². The second-order valence-electron chi connectivity index (χ2n) is 4.46. The SMILES string of the molecule is CCC(C)(C(=O)NC1CC1C)C(N)=NO. The monoisotopic (exact) mass is 213 g/mol. The lowest BCUT2D eigenvalue weighted by Crippen LogP contribution is -2.48. The molecular formula is C10H19N3O2. The van der Waals surface area contributed by atoms with Crippen LogP contribution in [0.1, 0.15) is 33.6 Å². The number of carbonyl (C=O) groups excluding carboxylic acids is 1. The molecule has 0 aromatic carbocycles. The van der Waals surface area contributed by atoms with E-state index in [9.17, 15) is 4.79 Å². The van der Waals surface area contributed by atoms with Crippen LogP contribution >= 0.6 is 0 Å². The average Bonchev–Trinajstić information content (AvgIpc) is 2.91. The van der Waals surface area contributed by atoms with E-state index in [1.165, 1.54) is 0 Å². The third-order valence-electron chi connectivity index (χ3n) is 3.31. The normalized spacial score (nSPS) is 29.4. The molecule has 15 heavy (non-hydrogen) atoms. The molecule has 3 unspecified atom stereocenters. The minimum atomic E-state index is -0.906. The van der Waals surface area contributed by atoms with E-state index in [0.29, 0.717) is 12.3 Å². The molecule has 0 aromatic rings. The van der Waals surface area contributed by atoms with Gasteiger partial charge in [0.2, 0.25) is 5.91 Å². The molecule has 1 amide bonds. The first kappa shape index (κ1) is 11.8. The molecule has 0 saturated heterocycles. The van der Waals surface area contributed by atoms with Crippen molar-refractivity contribution in [1.29, 1.82) is 0 Å². The fourth-order valence-corrected chi connectivity index (χ4v) is 1.42. The molecule has 0 aromatic heterocycles. The summed E-state index contributed by atoms with van der Waals surface area (Å²) in [4.78, 5) is 11.9. The maximum absolute atomic E-state index is 11.9. The number of amides is 1. The van der Waals surface area contributed by atoms with E-state index in [2.05, 4.69) is 17.4 Å². The predicted molar refractivity (Wildman–Crippen MR) is 57.5 cm³/mol. The van der Waals surface area contributed by atoms with E-state index in [1.54, 1.807) is 6.92 Å². The quantitative estimate of drug-likeness (QED) is 0.277. The summed E-state index contributed by atoms with van der Waals surface area (Å²) < 4.78 is 0. The van der Waals surface area contributed by atoms with E-state index >= 15 is 0 Å². The van der Waals surface area contributed by atoms with Crippen LogP contribution in [0.15, 0.2) is 5.16 Å². The van der Waals surface area contributed by atoms with E-state index in [4.69, 9.17) is 10.9 Å². The fraction of sp³-hybridized carbons (Fsp3) is 0.800. The number of nitrogens with one attached hydrogen (secondary N) is 1. The molecule has 1 saturated carbocycles. The Labute approximate surface area is 89.7 Å². The van der Waals surface area contributed by atoms with Crippen molar-refractivity contribution in [2.75, 3.05) is 0 Å². The first-order valence-electron chi connectivity index (χ1n) is 5.24. The maximum atomic E-state index is 11.9. The Morgan fingerprint density at radius 3 is 2.60 bits per heavy atom. The van der Waals surface area contributed by atoms with Crippen molar-refractivity contribution in [1.82, 2.24) is 5.32 Å². The molecule has 1 aliphatic carbocycles. The lowest BCUT2D eigenvalue weighted by molar-refractivity contribution is -0.127. The van der Waals surface area contributed by atoms with Gasteiger partial charge >= 0.3 is 0 Å². The molecule has 1 rings (SSSR count). The summed E-state index contributed by atoms with van der Waals surface area (Å²) in [5.74, 6) is 0.354. The number of nitrogens with zero attached hydrogens (tertiary/aromatic N) is 1. The van der Waals surface area contributed by atoms with E-state index in [0.717, 1.165) is 6.42 Å². The van der Waals surface area contributed by atoms with Gasteiger partial charge in [0.1, 0.15) is 5.41 Å². The fourth-order valence-electron chi connectivity index (χ4n) is 1.42. The molecule has 1 fully saturated rings. The number of hydrogen-bond donors (Lipinski definition) is 3. The number of carbonyl (C=O) groups is 1.